The van der Waals surface area contributed by atoms with Crippen LogP contribution in [0.3, 0.4) is 0 Å². The van der Waals surface area contributed by atoms with Crippen molar-refractivity contribution in [1.82, 2.24) is 34.9 Å². The van der Waals surface area contributed by atoms with Crippen molar-refractivity contribution in [2.45, 2.75) is 39.3 Å². The molecule has 40 heavy (non-hydrogen) atoms. The largest absolute Gasteiger partial charge is 0.478 e. The smallest absolute Gasteiger partial charge is 0.335 e. The molecule has 11 nitrogen and oxygen atoms in total. The molecule has 3 heterocycles. The van der Waals surface area contributed by atoms with Crippen molar-refractivity contribution in [2.24, 2.45) is 0 Å². The highest BCUT2D eigenvalue weighted by molar-refractivity contribution is 6.30. The number of halogens is 1. The van der Waals surface area contributed by atoms with Gasteiger partial charge in [-0.1, -0.05) is 23.7 Å². The summed E-state index contributed by atoms with van der Waals surface area (Å²) in [6, 6.07) is 10.5. The van der Waals surface area contributed by atoms with Crippen molar-refractivity contribution < 1.29 is 19.5 Å². The second-order valence-electron chi connectivity index (χ2n) is 9.39. The van der Waals surface area contributed by atoms with E-state index in [1.54, 1.807) is 46.0 Å². The van der Waals surface area contributed by atoms with Crippen molar-refractivity contribution in [1.29, 1.82) is 0 Å². The van der Waals surface area contributed by atoms with Crippen LogP contribution in [0.5, 0.6) is 0 Å². The summed E-state index contributed by atoms with van der Waals surface area (Å²) >= 11 is 6.23. The second kappa shape index (κ2) is 11.2. The Morgan fingerprint density at radius 2 is 1.93 bits per heavy atom. The maximum atomic E-state index is 13.9. The number of carboxylic acid groups (broad SMARTS) is 1. The van der Waals surface area contributed by atoms with Crippen LogP contribution < -0.4 is 0 Å². The van der Waals surface area contributed by atoms with Gasteiger partial charge in [0.25, 0.3) is 0 Å². The lowest BCUT2D eigenvalue weighted by Crippen LogP contribution is -2.44. The van der Waals surface area contributed by atoms with Gasteiger partial charge in [0.05, 0.1) is 22.6 Å². The highest BCUT2D eigenvalue weighted by Gasteiger charge is 2.38. The molecule has 204 valence electrons. The molecule has 2 aromatic heterocycles. The molecule has 0 fully saturated rings. The second-order valence-corrected chi connectivity index (χ2v) is 9.82. The Labute approximate surface area is 234 Å². The quantitative estimate of drug-likeness (QED) is 0.324. The Balaban J connectivity index is 1.48. The molecule has 1 N–H and O–H groups in total. The summed E-state index contributed by atoms with van der Waals surface area (Å²) in [6.45, 7) is 4.74. The van der Waals surface area contributed by atoms with Crippen LogP contribution in [0.1, 0.15) is 51.4 Å². The molecule has 0 saturated heterocycles. The first-order chi connectivity index (χ1) is 19.3. The molecular formula is C28H26ClN7O4. The summed E-state index contributed by atoms with van der Waals surface area (Å²) in [5.74, 6) is -1.56. The molecule has 0 spiro atoms. The van der Waals surface area contributed by atoms with Crippen LogP contribution in [0.2, 0.25) is 5.02 Å². The van der Waals surface area contributed by atoms with E-state index < -0.39 is 12.0 Å². The van der Waals surface area contributed by atoms with E-state index in [2.05, 4.69) is 20.6 Å². The van der Waals surface area contributed by atoms with Crippen molar-refractivity contribution in [3.63, 3.8) is 0 Å². The number of aromatic carboxylic acids is 1. The van der Waals surface area contributed by atoms with Gasteiger partial charge in [-0.25, -0.2) is 4.79 Å². The van der Waals surface area contributed by atoms with Gasteiger partial charge >= 0.3 is 5.97 Å². The van der Waals surface area contributed by atoms with Crippen molar-refractivity contribution in [3.05, 3.63) is 93.5 Å². The number of fused-ring (bicyclic) bond motifs is 1. The molecule has 1 amide bonds. The maximum Gasteiger partial charge on any atom is 0.335 e. The van der Waals surface area contributed by atoms with Crippen molar-refractivity contribution in [3.8, 4) is 5.69 Å². The van der Waals surface area contributed by atoms with Crippen molar-refractivity contribution >= 4 is 35.3 Å². The molecule has 12 heteroatoms. The molecule has 1 aliphatic heterocycles. The zero-order valence-electron chi connectivity index (χ0n) is 21.9. The number of hydrogen-bond acceptors (Lipinski definition) is 7. The van der Waals surface area contributed by atoms with E-state index in [0.29, 0.717) is 41.3 Å². The first kappa shape index (κ1) is 26.9. The Hall–Kier alpha value is -4.64. The van der Waals surface area contributed by atoms with Gasteiger partial charge in [0, 0.05) is 41.7 Å². The van der Waals surface area contributed by atoms with E-state index in [1.807, 2.05) is 13.8 Å². The number of carbonyl (C=O) groups excluding carboxylic acids is 2. The van der Waals surface area contributed by atoms with Gasteiger partial charge in [-0.3, -0.25) is 14.3 Å². The number of ketones is 1. The van der Waals surface area contributed by atoms with Gasteiger partial charge in [-0.2, -0.15) is 9.78 Å². The minimum Gasteiger partial charge on any atom is -0.478 e. The molecule has 4 aromatic rings. The summed E-state index contributed by atoms with van der Waals surface area (Å²) in [5, 5.41) is 25.6. The zero-order valence-corrected chi connectivity index (χ0v) is 22.6. The SMILES string of the molecule is CCn1nc(C)c2c1C(C(=O)Cc1ccc(C(=O)O)cc1)N(C(=O)/C=C/c1cc(Cl)ccc1-n1cnnn1)CC2. The topological polar surface area (TPSA) is 136 Å². The highest BCUT2D eigenvalue weighted by atomic mass is 35.5. The fourth-order valence-electron chi connectivity index (χ4n) is 5.02. The van der Waals surface area contributed by atoms with E-state index in [0.717, 1.165) is 17.0 Å². The van der Waals surface area contributed by atoms with Gasteiger partial charge in [0.1, 0.15) is 12.4 Å². The maximum absolute atomic E-state index is 13.9. The van der Waals surface area contributed by atoms with Gasteiger partial charge in [0.15, 0.2) is 5.78 Å². The average Bonchev–Trinajstić information content (AvgIpc) is 3.59. The highest BCUT2D eigenvalue weighted by Crippen LogP contribution is 2.34. The molecule has 1 unspecified atom stereocenters. The summed E-state index contributed by atoms with van der Waals surface area (Å²) < 4.78 is 3.26. The minimum absolute atomic E-state index is 0.0309. The van der Waals surface area contributed by atoms with Crippen LogP contribution in [-0.4, -0.2) is 64.2 Å². The van der Waals surface area contributed by atoms with Crippen molar-refractivity contribution in [2.75, 3.05) is 6.54 Å². The first-order valence-electron chi connectivity index (χ1n) is 12.7. The van der Waals surface area contributed by atoms with Crippen LogP contribution in [-0.2, 0) is 29.0 Å². The number of benzene rings is 2. The molecule has 5 rings (SSSR count). The molecule has 0 radical (unpaired) electrons. The lowest BCUT2D eigenvalue weighted by Gasteiger charge is -2.35. The Morgan fingerprint density at radius 1 is 1.15 bits per heavy atom. The monoisotopic (exact) mass is 559 g/mol. The summed E-state index contributed by atoms with van der Waals surface area (Å²) in [5.41, 5.74) is 4.60. The van der Waals surface area contributed by atoms with E-state index >= 15 is 0 Å². The number of tetrazole rings is 1. The van der Waals surface area contributed by atoms with Crippen LogP contribution in [0.4, 0.5) is 0 Å². The predicted octanol–water partition coefficient (Wildman–Crippen LogP) is 3.49. The van der Waals surface area contributed by atoms with Gasteiger partial charge in [0.2, 0.25) is 5.91 Å². The third kappa shape index (κ3) is 5.28. The van der Waals surface area contributed by atoms with Crippen LogP contribution in [0.25, 0.3) is 11.8 Å². The van der Waals surface area contributed by atoms with Gasteiger partial charge < -0.3 is 10.0 Å². The average molecular weight is 560 g/mol. The molecule has 2 aromatic carbocycles. The van der Waals surface area contributed by atoms with E-state index in [1.165, 1.54) is 29.2 Å². The number of aryl methyl sites for hydroxylation is 2. The van der Waals surface area contributed by atoms with Gasteiger partial charge in [-0.15, -0.1) is 5.10 Å². The zero-order chi connectivity index (χ0) is 28.4. The fraction of sp³-hybridized carbons (Fsp3) is 0.250. The standard InChI is InChI=1S/C28H26ClN7O4/c1-3-35-26-22(17(2)31-35)12-13-34(27(26)24(37)14-18-4-6-19(7-5-18)28(39)40)25(38)11-8-20-15-21(29)9-10-23(20)36-16-30-32-33-36/h4-11,15-16,27H,3,12-14H2,1-2H3,(H,39,40)/b11-8+. The molecule has 1 aliphatic rings. The number of nitrogens with zero attached hydrogens (tertiary/aromatic N) is 7. The third-order valence-electron chi connectivity index (χ3n) is 6.93. The summed E-state index contributed by atoms with van der Waals surface area (Å²) in [6.07, 6.45) is 5.11. The van der Waals surface area contributed by atoms with Crippen LogP contribution in [0, 0.1) is 6.92 Å². The number of rotatable bonds is 8. The Bertz CT molecular complexity index is 1610. The minimum atomic E-state index is -1.04. The van der Waals surface area contributed by atoms with Crippen LogP contribution in [0.15, 0.2) is 54.9 Å². The normalized spacial score (nSPS) is 14.9. The predicted molar refractivity (Wildman–Crippen MR) is 146 cm³/mol. The van der Waals surface area contributed by atoms with E-state index in [-0.39, 0.29) is 23.7 Å². The Morgan fingerprint density at radius 3 is 2.60 bits per heavy atom. The molecule has 0 bridgehead atoms. The fourth-order valence-corrected chi connectivity index (χ4v) is 5.20. The third-order valence-corrected chi connectivity index (χ3v) is 7.16. The summed E-state index contributed by atoms with van der Waals surface area (Å²) in [4.78, 5) is 40.3. The lowest BCUT2D eigenvalue weighted by atomic mass is 9.91. The number of hydrogen-bond donors (Lipinski definition) is 1. The number of carbonyl (C=O) groups is 3. The van der Waals surface area contributed by atoms with E-state index in [4.69, 9.17) is 11.6 Å². The van der Waals surface area contributed by atoms with Gasteiger partial charge in [-0.05, 0) is 72.7 Å². The molecule has 1 atom stereocenters. The number of carboxylic acids is 1. The molecule has 0 saturated carbocycles. The first-order valence-corrected chi connectivity index (χ1v) is 13.1. The molecular weight excluding hydrogens is 534 g/mol. The molecule has 0 aliphatic carbocycles. The lowest BCUT2D eigenvalue weighted by molar-refractivity contribution is -0.136. The Kier molecular flexibility index (Phi) is 7.56. The van der Waals surface area contributed by atoms with E-state index in [9.17, 15) is 19.5 Å². The number of Topliss-reactive ketones (excluding diaryl/α,β-unsaturated/α-hetero) is 1. The number of amides is 1. The summed E-state index contributed by atoms with van der Waals surface area (Å²) in [7, 11) is 0. The number of aromatic nitrogens is 6. The van der Waals surface area contributed by atoms with Crippen LogP contribution >= 0.6 is 11.6 Å².